The maximum absolute atomic E-state index is 3.78. The molecule has 126 valence electrons. The van der Waals surface area contributed by atoms with Gasteiger partial charge in [-0.2, -0.15) is 0 Å². The fraction of sp³-hybridized carbons (Fsp3) is 1.00. The Kier molecular flexibility index (Phi) is 8.94. The molecule has 21 heavy (non-hydrogen) atoms. The first-order chi connectivity index (χ1) is 10.0. The van der Waals surface area contributed by atoms with Gasteiger partial charge in [0, 0.05) is 6.54 Å². The van der Waals surface area contributed by atoms with Gasteiger partial charge in [0.05, 0.1) is 0 Å². The predicted octanol–water partition coefficient (Wildman–Crippen LogP) is 6.04. The number of rotatable bonds is 10. The van der Waals surface area contributed by atoms with E-state index in [1.807, 2.05) is 0 Å². The van der Waals surface area contributed by atoms with Crippen molar-refractivity contribution in [3.63, 3.8) is 0 Å². The third-order valence-electron chi connectivity index (χ3n) is 5.66. The number of nitrogens with one attached hydrogen (secondary N) is 1. The molecule has 0 radical (unpaired) electrons. The van der Waals surface area contributed by atoms with Crippen LogP contribution in [0.4, 0.5) is 0 Å². The quantitative estimate of drug-likeness (QED) is 0.518. The minimum absolute atomic E-state index is 0.604. The van der Waals surface area contributed by atoms with Crippen molar-refractivity contribution in [3.05, 3.63) is 0 Å². The van der Waals surface area contributed by atoms with Gasteiger partial charge in [-0.1, -0.05) is 60.3 Å². The standard InChI is InChI=1S/C20H41N/c1-6-8-9-19-10-12-20(13-11-19,14-18(5)7-2)16-21-15-17(3)4/h17-19,21H,6-16H2,1-5H3. The van der Waals surface area contributed by atoms with Crippen molar-refractivity contribution < 1.29 is 0 Å². The summed E-state index contributed by atoms with van der Waals surface area (Å²) in [5, 5.41) is 3.78. The van der Waals surface area contributed by atoms with E-state index in [-0.39, 0.29) is 0 Å². The Labute approximate surface area is 134 Å². The van der Waals surface area contributed by atoms with Gasteiger partial charge in [0.25, 0.3) is 0 Å². The Balaban J connectivity index is 2.50. The van der Waals surface area contributed by atoms with Gasteiger partial charge in [-0.3, -0.25) is 0 Å². The summed E-state index contributed by atoms with van der Waals surface area (Å²) in [5.74, 6) is 2.68. The van der Waals surface area contributed by atoms with Gasteiger partial charge in [-0.25, -0.2) is 0 Å². The minimum Gasteiger partial charge on any atom is -0.316 e. The Hall–Kier alpha value is -0.0400. The molecular weight excluding hydrogens is 254 g/mol. The molecule has 0 aliphatic heterocycles. The van der Waals surface area contributed by atoms with Crippen LogP contribution in [0.2, 0.25) is 0 Å². The Morgan fingerprint density at radius 2 is 1.76 bits per heavy atom. The SMILES string of the molecule is CCCCC1CCC(CNCC(C)C)(CC(C)CC)CC1. The second-order valence-corrected chi connectivity index (χ2v) is 8.33. The van der Waals surface area contributed by atoms with Crippen molar-refractivity contribution in [3.8, 4) is 0 Å². The lowest BCUT2D eigenvalue weighted by molar-refractivity contribution is 0.107. The molecule has 0 aromatic carbocycles. The summed E-state index contributed by atoms with van der Waals surface area (Å²) >= 11 is 0. The monoisotopic (exact) mass is 295 g/mol. The maximum Gasteiger partial charge on any atom is 0.000802 e. The van der Waals surface area contributed by atoms with Crippen LogP contribution in [0.3, 0.4) is 0 Å². The highest BCUT2D eigenvalue weighted by Gasteiger charge is 2.35. The van der Waals surface area contributed by atoms with Crippen LogP contribution in [0.25, 0.3) is 0 Å². The normalized spacial score (nSPS) is 28.0. The number of unbranched alkanes of at least 4 members (excludes halogenated alkanes) is 1. The molecule has 1 saturated carbocycles. The zero-order valence-corrected chi connectivity index (χ0v) is 15.5. The van der Waals surface area contributed by atoms with Crippen LogP contribution in [0.15, 0.2) is 0 Å². The van der Waals surface area contributed by atoms with Crippen molar-refractivity contribution in [2.75, 3.05) is 13.1 Å². The van der Waals surface area contributed by atoms with E-state index in [1.165, 1.54) is 70.9 Å². The van der Waals surface area contributed by atoms with Gasteiger partial charge in [0.1, 0.15) is 0 Å². The molecule has 0 aromatic heterocycles. The molecule has 1 rings (SSSR count). The van der Waals surface area contributed by atoms with Crippen molar-refractivity contribution in [2.24, 2.45) is 23.2 Å². The average Bonchev–Trinajstić information content (AvgIpc) is 2.46. The number of hydrogen-bond donors (Lipinski definition) is 1. The molecular formula is C20H41N. The fourth-order valence-corrected chi connectivity index (χ4v) is 4.03. The van der Waals surface area contributed by atoms with Gasteiger partial charge < -0.3 is 5.32 Å². The molecule has 0 amide bonds. The summed E-state index contributed by atoms with van der Waals surface area (Å²) in [7, 11) is 0. The van der Waals surface area contributed by atoms with Crippen molar-refractivity contribution in [1.82, 2.24) is 5.32 Å². The van der Waals surface area contributed by atoms with E-state index in [4.69, 9.17) is 0 Å². The van der Waals surface area contributed by atoms with Crippen LogP contribution in [0.5, 0.6) is 0 Å². The highest BCUT2D eigenvalue weighted by atomic mass is 14.9. The first-order valence-corrected chi connectivity index (χ1v) is 9.72. The summed E-state index contributed by atoms with van der Waals surface area (Å²) in [6.07, 6.45) is 13.0. The fourth-order valence-electron chi connectivity index (χ4n) is 4.03. The molecule has 0 aromatic rings. The largest absolute Gasteiger partial charge is 0.316 e. The second-order valence-electron chi connectivity index (χ2n) is 8.33. The molecule has 0 heterocycles. The van der Waals surface area contributed by atoms with Crippen molar-refractivity contribution in [2.45, 2.75) is 92.4 Å². The van der Waals surface area contributed by atoms with E-state index in [0.717, 1.165) is 17.8 Å². The summed E-state index contributed by atoms with van der Waals surface area (Å²) in [4.78, 5) is 0. The van der Waals surface area contributed by atoms with Crippen LogP contribution >= 0.6 is 0 Å². The van der Waals surface area contributed by atoms with Gasteiger partial charge in [0.2, 0.25) is 0 Å². The molecule has 0 bridgehead atoms. The Morgan fingerprint density at radius 1 is 1.10 bits per heavy atom. The smallest absolute Gasteiger partial charge is 0.000802 e. The molecule has 1 aliphatic rings. The summed E-state index contributed by atoms with van der Waals surface area (Å²) in [6, 6.07) is 0. The van der Waals surface area contributed by atoms with Gasteiger partial charge in [-0.05, 0) is 61.8 Å². The van der Waals surface area contributed by atoms with E-state index in [0.29, 0.717) is 5.41 Å². The van der Waals surface area contributed by atoms with Crippen LogP contribution < -0.4 is 5.32 Å². The molecule has 1 fully saturated rings. The highest BCUT2D eigenvalue weighted by molar-refractivity contribution is 4.88. The van der Waals surface area contributed by atoms with Crippen LogP contribution in [0, 0.1) is 23.2 Å². The third kappa shape index (κ3) is 7.17. The van der Waals surface area contributed by atoms with E-state index >= 15 is 0 Å². The molecule has 1 nitrogen and oxygen atoms in total. The van der Waals surface area contributed by atoms with Crippen molar-refractivity contribution in [1.29, 1.82) is 0 Å². The van der Waals surface area contributed by atoms with Crippen LogP contribution in [0.1, 0.15) is 92.4 Å². The highest BCUT2D eigenvalue weighted by Crippen LogP contribution is 2.44. The van der Waals surface area contributed by atoms with Gasteiger partial charge >= 0.3 is 0 Å². The third-order valence-corrected chi connectivity index (χ3v) is 5.66. The molecule has 1 atom stereocenters. The van der Waals surface area contributed by atoms with Crippen LogP contribution in [-0.4, -0.2) is 13.1 Å². The second kappa shape index (κ2) is 9.87. The lowest BCUT2D eigenvalue weighted by Crippen LogP contribution is -2.40. The zero-order chi connectivity index (χ0) is 15.7. The molecule has 0 saturated heterocycles. The first kappa shape index (κ1) is 19.0. The lowest BCUT2D eigenvalue weighted by atomic mass is 9.65. The molecule has 0 spiro atoms. The lowest BCUT2D eigenvalue weighted by Gasteiger charge is -2.42. The minimum atomic E-state index is 0.604. The van der Waals surface area contributed by atoms with Crippen LogP contribution in [-0.2, 0) is 0 Å². The molecule has 1 aliphatic carbocycles. The summed E-state index contributed by atoms with van der Waals surface area (Å²) in [6.45, 7) is 14.2. The first-order valence-electron chi connectivity index (χ1n) is 9.72. The topological polar surface area (TPSA) is 12.0 Å². The number of hydrogen-bond acceptors (Lipinski definition) is 1. The summed E-state index contributed by atoms with van der Waals surface area (Å²) in [5.41, 5.74) is 0.604. The van der Waals surface area contributed by atoms with Gasteiger partial charge in [-0.15, -0.1) is 0 Å². The molecule has 1 N–H and O–H groups in total. The molecule has 1 heteroatoms. The van der Waals surface area contributed by atoms with Gasteiger partial charge in [0.15, 0.2) is 0 Å². The summed E-state index contributed by atoms with van der Waals surface area (Å²) < 4.78 is 0. The molecule has 1 unspecified atom stereocenters. The van der Waals surface area contributed by atoms with E-state index in [2.05, 4.69) is 39.9 Å². The zero-order valence-electron chi connectivity index (χ0n) is 15.5. The predicted molar refractivity (Wildman–Crippen MR) is 95.7 cm³/mol. The van der Waals surface area contributed by atoms with Crippen molar-refractivity contribution >= 4 is 0 Å². The maximum atomic E-state index is 3.78. The van der Waals surface area contributed by atoms with E-state index in [1.54, 1.807) is 0 Å². The Bertz CT molecular complexity index is 251. The van der Waals surface area contributed by atoms with E-state index < -0.39 is 0 Å². The van der Waals surface area contributed by atoms with E-state index in [9.17, 15) is 0 Å². The average molecular weight is 296 g/mol. The Morgan fingerprint density at radius 3 is 2.29 bits per heavy atom.